The minimum Gasteiger partial charge on any atom is -0.376 e. The largest absolute Gasteiger partial charge is 0.376 e. The number of ether oxygens (including phenoxy) is 1. The number of thiocarbonyl (C=S) groups is 1. The molecule has 1 amide bonds. The lowest BCUT2D eigenvalue weighted by Crippen LogP contribution is -2.42. The van der Waals surface area contributed by atoms with Crippen LogP contribution in [0.25, 0.3) is 0 Å². The molecule has 0 spiro atoms. The van der Waals surface area contributed by atoms with Gasteiger partial charge in [0.2, 0.25) is 0 Å². The van der Waals surface area contributed by atoms with Crippen molar-refractivity contribution in [2.45, 2.75) is 18.9 Å². The van der Waals surface area contributed by atoms with Gasteiger partial charge in [0.1, 0.15) is 0 Å². The number of benzene rings is 1. The van der Waals surface area contributed by atoms with Crippen LogP contribution in [0.3, 0.4) is 0 Å². The summed E-state index contributed by atoms with van der Waals surface area (Å²) in [5, 5.41) is 16.2. The number of carbonyl (C=O) groups is 1. The van der Waals surface area contributed by atoms with Gasteiger partial charge in [-0.2, -0.15) is 0 Å². The fourth-order valence-electron chi connectivity index (χ4n) is 1.99. The lowest BCUT2D eigenvalue weighted by atomic mass is 10.2. The third-order valence-corrected chi connectivity index (χ3v) is 3.31. The molecule has 1 heterocycles. The Balaban J connectivity index is 1.86. The van der Waals surface area contributed by atoms with Crippen molar-refractivity contribution in [2.24, 2.45) is 0 Å². The van der Waals surface area contributed by atoms with E-state index < -0.39 is 10.8 Å². The summed E-state index contributed by atoms with van der Waals surface area (Å²) in [7, 11) is 0. The van der Waals surface area contributed by atoms with E-state index >= 15 is 0 Å². The first kappa shape index (κ1) is 15.3. The van der Waals surface area contributed by atoms with Gasteiger partial charge in [0.05, 0.1) is 11.0 Å². The van der Waals surface area contributed by atoms with E-state index in [1.807, 2.05) is 0 Å². The normalized spacial score (nSPS) is 17.2. The van der Waals surface area contributed by atoms with Gasteiger partial charge in [-0.3, -0.25) is 20.2 Å². The van der Waals surface area contributed by atoms with Gasteiger partial charge < -0.3 is 10.1 Å². The smallest absolute Gasteiger partial charge is 0.270 e. The van der Waals surface area contributed by atoms with E-state index in [0.29, 0.717) is 6.54 Å². The Morgan fingerprint density at radius 3 is 3.00 bits per heavy atom. The molecule has 8 heteroatoms. The number of nitrogens with zero attached hydrogens (tertiary/aromatic N) is 1. The molecule has 7 nitrogen and oxygen atoms in total. The molecule has 1 atom stereocenters. The molecular weight excluding hydrogens is 294 g/mol. The molecule has 1 fully saturated rings. The number of rotatable bonds is 4. The standard InChI is InChI=1S/C13H15N3O4S/c17-12(9-3-1-4-10(7-9)16(18)19)15-13(21)14-8-11-5-2-6-20-11/h1,3-4,7,11H,2,5-6,8H2,(H2,14,15,17,21)/t11-/m0/s1. The summed E-state index contributed by atoms with van der Waals surface area (Å²) in [4.78, 5) is 22.1. The highest BCUT2D eigenvalue weighted by Crippen LogP contribution is 2.13. The third-order valence-electron chi connectivity index (χ3n) is 3.06. The second-order valence-corrected chi connectivity index (χ2v) is 5.01. The Bertz CT molecular complexity index is 558. The summed E-state index contributed by atoms with van der Waals surface area (Å²) in [6.45, 7) is 1.28. The lowest BCUT2D eigenvalue weighted by Gasteiger charge is -2.13. The molecule has 21 heavy (non-hydrogen) atoms. The van der Waals surface area contributed by atoms with Gasteiger partial charge in [-0.1, -0.05) is 6.07 Å². The van der Waals surface area contributed by atoms with Gasteiger partial charge in [-0.15, -0.1) is 0 Å². The number of carbonyl (C=O) groups excluding carboxylic acids is 1. The van der Waals surface area contributed by atoms with Crippen molar-refractivity contribution >= 4 is 28.9 Å². The van der Waals surface area contributed by atoms with Crippen LogP contribution in [-0.2, 0) is 4.74 Å². The van der Waals surface area contributed by atoms with E-state index in [-0.39, 0.29) is 22.5 Å². The van der Waals surface area contributed by atoms with Crippen LogP contribution in [0.15, 0.2) is 24.3 Å². The molecule has 112 valence electrons. The summed E-state index contributed by atoms with van der Waals surface area (Å²) in [6.07, 6.45) is 2.10. The van der Waals surface area contributed by atoms with E-state index in [0.717, 1.165) is 19.4 Å². The highest BCUT2D eigenvalue weighted by Gasteiger charge is 2.16. The molecule has 1 aliphatic heterocycles. The summed E-state index contributed by atoms with van der Waals surface area (Å²) in [5.74, 6) is -0.483. The molecule has 0 bridgehead atoms. The summed E-state index contributed by atoms with van der Waals surface area (Å²) in [5.41, 5.74) is 0.0475. The second-order valence-electron chi connectivity index (χ2n) is 4.61. The topological polar surface area (TPSA) is 93.5 Å². The Morgan fingerprint density at radius 1 is 1.52 bits per heavy atom. The first-order valence-electron chi connectivity index (χ1n) is 6.51. The highest BCUT2D eigenvalue weighted by molar-refractivity contribution is 7.80. The van der Waals surface area contributed by atoms with Gasteiger partial charge >= 0.3 is 0 Å². The van der Waals surface area contributed by atoms with Crippen molar-refractivity contribution < 1.29 is 14.5 Å². The highest BCUT2D eigenvalue weighted by atomic mass is 32.1. The maximum Gasteiger partial charge on any atom is 0.270 e. The molecule has 2 N–H and O–H groups in total. The molecule has 1 saturated heterocycles. The van der Waals surface area contributed by atoms with Crippen LogP contribution < -0.4 is 10.6 Å². The Kier molecular flexibility index (Phi) is 5.18. The second kappa shape index (κ2) is 7.09. The SMILES string of the molecule is O=C(NC(=S)NC[C@@H]1CCCO1)c1cccc([N+](=O)[O-])c1. The van der Waals surface area contributed by atoms with Crippen molar-refractivity contribution in [2.75, 3.05) is 13.2 Å². The van der Waals surface area contributed by atoms with Crippen LogP contribution in [0.2, 0.25) is 0 Å². The number of amides is 1. The summed E-state index contributed by atoms with van der Waals surface area (Å²) in [6, 6.07) is 5.48. The average molecular weight is 309 g/mol. The molecule has 0 unspecified atom stereocenters. The number of non-ortho nitro benzene ring substituents is 1. The van der Waals surface area contributed by atoms with E-state index in [1.54, 1.807) is 0 Å². The number of nitrogens with one attached hydrogen (secondary N) is 2. The molecule has 0 saturated carbocycles. The first-order valence-corrected chi connectivity index (χ1v) is 6.92. The van der Waals surface area contributed by atoms with E-state index in [1.165, 1.54) is 24.3 Å². The van der Waals surface area contributed by atoms with Gasteiger partial charge in [-0.25, -0.2) is 0 Å². The van der Waals surface area contributed by atoms with E-state index in [2.05, 4.69) is 10.6 Å². The Labute approximate surface area is 126 Å². The van der Waals surface area contributed by atoms with Crippen LogP contribution in [0.1, 0.15) is 23.2 Å². The quantitative estimate of drug-likeness (QED) is 0.496. The van der Waals surface area contributed by atoms with Crippen LogP contribution >= 0.6 is 12.2 Å². The third kappa shape index (κ3) is 4.47. The van der Waals surface area contributed by atoms with Crippen molar-refractivity contribution in [1.29, 1.82) is 0 Å². The number of nitro groups is 1. The fourth-order valence-corrected chi connectivity index (χ4v) is 2.17. The molecule has 0 aromatic heterocycles. The lowest BCUT2D eigenvalue weighted by molar-refractivity contribution is -0.384. The van der Waals surface area contributed by atoms with Gasteiger partial charge in [-0.05, 0) is 31.1 Å². The zero-order valence-electron chi connectivity index (χ0n) is 11.2. The Morgan fingerprint density at radius 2 is 2.33 bits per heavy atom. The molecular formula is C13H15N3O4S. The van der Waals surface area contributed by atoms with E-state index in [4.69, 9.17) is 17.0 Å². The molecule has 1 aromatic rings. The summed E-state index contributed by atoms with van der Waals surface area (Å²) < 4.78 is 5.43. The van der Waals surface area contributed by atoms with Crippen LogP contribution in [-0.4, -0.2) is 35.2 Å². The van der Waals surface area contributed by atoms with Crippen LogP contribution in [0, 0.1) is 10.1 Å². The van der Waals surface area contributed by atoms with Gasteiger partial charge in [0.25, 0.3) is 11.6 Å². The van der Waals surface area contributed by atoms with Crippen molar-refractivity contribution in [3.63, 3.8) is 0 Å². The number of hydrogen-bond acceptors (Lipinski definition) is 5. The summed E-state index contributed by atoms with van der Waals surface area (Å²) >= 11 is 5.02. The number of hydrogen-bond donors (Lipinski definition) is 2. The van der Waals surface area contributed by atoms with Crippen molar-refractivity contribution in [1.82, 2.24) is 10.6 Å². The molecule has 0 aliphatic carbocycles. The Hall–Kier alpha value is -2.06. The van der Waals surface area contributed by atoms with Crippen molar-refractivity contribution in [3.8, 4) is 0 Å². The average Bonchev–Trinajstić information content (AvgIpc) is 2.98. The zero-order chi connectivity index (χ0) is 15.2. The minimum atomic E-state index is -0.551. The molecule has 0 radical (unpaired) electrons. The molecule has 2 rings (SSSR count). The van der Waals surface area contributed by atoms with Crippen LogP contribution in [0.5, 0.6) is 0 Å². The fraction of sp³-hybridized carbons (Fsp3) is 0.385. The predicted molar refractivity (Wildman–Crippen MR) is 80.1 cm³/mol. The van der Waals surface area contributed by atoms with E-state index in [9.17, 15) is 14.9 Å². The monoisotopic (exact) mass is 309 g/mol. The maximum atomic E-state index is 11.9. The molecule has 1 aromatic carbocycles. The maximum absolute atomic E-state index is 11.9. The first-order chi connectivity index (χ1) is 10.1. The molecule has 1 aliphatic rings. The van der Waals surface area contributed by atoms with Crippen LogP contribution in [0.4, 0.5) is 5.69 Å². The predicted octanol–water partition coefficient (Wildman–Crippen LogP) is 1.38. The number of nitro benzene ring substituents is 1. The van der Waals surface area contributed by atoms with Gasteiger partial charge in [0, 0.05) is 30.8 Å². The zero-order valence-corrected chi connectivity index (χ0v) is 12.0. The minimum absolute atomic E-state index is 0.109. The van der Waals surface area contributed by atoms with Crippen molar-refractivity contribution in [3.05, 3.63) is 39.9 Å². The van der Waals surface area contributed by atoms with Gasteiger partial charge in [0.15, 0.2) is 5.11 Å².